The number of benzene rings is 2. The zero-order valence-electron chi connectivity index (χ0n) is 17.9. The number of amides is 2. The van der Waals surface area contributed by atoms with Crippen molar-refractivity contribution in [3.63, 3.8) is 0 Å². The van der Waals surface area contributed by atoms with E-state index in [-0.39, 0.29) is 17.7 Å². The fraction of sp³-hybridized carbons (Fsp3) is 0.292. The highest BCUT2D eigenvalue weighted by Crippen LogP contribution is 2.42. The Morgan fingerprint density at radius 1 is 1.22 bits per heavy atom. The number of carbonyl (C=O) groups is 2. The summed E-state index contributed by atoms with van der Waals surface area (Å²) in [5.74, 6) is 0.347. The number of halogens is 1. The number of hydrogen-bond donors (Lipinski definition) is 1. The van der Waals surface area contributed by atoms with Crippen LogP contribution in [0, 0.1) is 5.92 Å². The molecule has 1 unspecified atom stereocenters. The van der Waals surface area contributed by atoms with Crippen molar-refractivity contribution in [1.29, 1.82) is 0 Å². The summed E-state index contributed by atoms with van der Waals surface area (Å²) in [4.78, 5) is 32.2. The Morgan fingerprint density at radius 2 is 2.00 bits per heavy atom. The fourth-order valence-corrected chi connectivity index (χ4v) is 5.24. The van der Waals surface area contributed by atoms with E-state index in [1.54, 1.807) is 25.1 Å². The summed E-state index contributed by atoms with van der Waals surface area (Å²) in [5, 5.41) is 4.30. The van der Waals surface area contributed by atoms with Crippen LogP contribution in [0.5, 0.6) is 5.75 Å². The number of hydrogen-bond acceptors (Lipinski definition) is 5. The normalized spacial score (nSPS) is 16.7. The molecule has 1 fully saturated rings. The number of methoxy groups -OCH3 is 1. The standard InChI is InChI=1S/C24H24ClN3O3S/c1-26-22(29)16-10-11-28(14-16)24(30)21(15-6-4-3-5-7-15)32-23-20(31-2)13-17-12-18(25)8-9-19(17)27-23/h3-9,12-13,16,21H,10-11,14H2,1-2H3,(H,26,29)/t16-,21?/m0/s1. The van der Waals surface area contributed by atoms with Crippen LogP contribution in [0.2, 0.25) is 5.02 Å². The third kappa shape index (κ3) is 4.69. The van der Waals surface area contributed by atoms with Crippen molar-refractivity contribution in [3.05, 3.63) is 65.2 Å². The fourth-order valence-electron chi connectivity index (χ4n) is 3.89. The van der Waals surface area contributed by atoms with Crippen LogP contribution in [-0.4, -0.2) is 48.9 Å². The van der Waals surface area contributed by atoms with Crippen molar-refractivity contribution in [2.45, 2.75) is 16.7 Å². The van der Waals surface area contributed by atoms with Gasteiger partial charge in [-0.05, 0) is 36.2 Å². The largest absolute Gasteiger partial charge is 0.494 e. The van der Waals surface area contributed by atoms with Gasteiger partial charge in [0, 0.05) is 30.5 Å². The van der Waals surface area contributed by atoms with Crippen LogP contribution in [0.4, 0.5) is 0 Å². The van der Waals surface area contributed by atoms with Crippen LogP contribution >= 0.6 is 23.4 Å². The minimum atomic E-state index is -0.509. The highest BCUT2D eigenvalue weighted by molar-refractivity contribution is 8.00. The summed E-state index contributed by atoms with van der Waals surface area (Å²) in [6, 6.07) is 17.0. The van der Waals surface area contributed by atoms with Crippen molar-refractivity contribution >= 4 is 46.1 Å². The zero-order chi connectivity index (χ0) is 22.7. The third-order valence-electron chi connectivity index (χ3n) is 5.60. The molecule has 1 aliphatic rings. The Kier molecular flexibility index (Phi) is 6.86. The number of fused-ring (bicyclic) bond motifs is 1. The molecule has 3 aromatic rings. The van der Waals surface area contributed by atoms with Crippen LogP contribution < -0.4 is 10.1 Å². The van der Waals surface area contributed by atoms with Crippen molar-refractivity contribution in [3.8, 4) is 5.75 Å². The molecule has 2 atom stereocenters. The maximum Gasteiger partial charge on any atom is 0.240 e. The molecule has 1 N–H and O–H groups in total. The number of nitrogens with zero attached hydrogens (tertiary/aromatic N) is 2. The van der Waals surface area contributed by atoms with Crippen LogP contribution in [0.25, 0.3) is 10.9 Å². The topological polar surface area (TPSA) is 71.5 Å². The summed E-state index contributed by atoms with van der Waals surface area (Å²) in [6.45, 7) is 0.977. The van der Waals surface area contributed by atoms with Crippen LogP contribution in [0.15, 0.2) is 59.6 Å². The summed E-state index contributed by atoms with van der Waals surface area (Å²) in [5.41, 5.74) is 1.66. The summed E-state index contributed by atoms with van der Waals surface area (Å²) >= 11 is 7.49. The smallest absolute Gasteiger partial charge is 0.240 e. The number of nitrogens with one attached hydrogen (secondary N) is 1. The van der Waals surface area contributed by atoms with E-state index in [1.165, 1.54) is 11.8 Å². The second-order valence-electron chi connectivity index (χ2n) is 7.63. The molecule has 8 heteroatoms. The van der Waals surface area contributed by atoms with Gasteiger partial charge in [-0.15, -0.1) is 0 Å². The summed E-state index contributed by atoms with van der Waals surface area (Å²) in [6.07, 6.45) is 0.663. The average molecular weight is 470 g/mol. The molecule has 4 rings (SSSR count). The lowest BCUT2D eigenvalue weighted by atomic mass is 10.1. The molecule has 0 saturated carbocycles. The van der Waals surface area contributed by atoms with E-state index in [0.717, 1.165) is 16.5 Å². The van der Waals surface area contributed by atoms with Gasteiger partial charge < -0.3 is 15.0 Å². The quantitative estimate of drug-likeness (QED) is 0.544. The second-order valence-corrected chi connectivity index (χ2v) is 9.16. The molecule has 1 aromatic heterocycles. The molecule has 2 heterocycles. The Balaban J connectivity index is 1.67. The van der Waals surface area contributed by atoms with Gasteiger partial charge in [0.25, 0.3) is 0 Å². The highest BCUT2D eigenvalue weighted by atomic mass is 35.5. The molecule has 0 aliphatic carbocycles. The molecule has 0 spiro atoms. The van der Waals surface area contributed by atoms with Crippen molar-refractivity contribution < 1.29 is 14.3 Å². The first-order chi connectivity index (χ1) is 15.5. The van der Waals surface area contributed by atoms with Gasteiger partial charge in [0.05, 0.1) is 18.5 Å². The first-order valence-electron chi connectivity index (χ1n) is 10.4. The Bertz CT molecular complexity index is 1140. The summed E-state index contributed by atoms with van der Waals surface area (Å²) < 4.78 is 5.59. The molecular weight excluding hydrogens is 446 g/mol. The van der Waals surface area contributed by atoms with Gasteiger partial charge in [-0.3, -0.25) is 9.59 Å². The molecule has 0 radical (unpaired) electrons. The maximum atomic E-state index is 13.6. The molecule has 6 nitrogen and oxygen atoms in total. The number of rotatable bonds is 6. The van der Waals surface area contributed by atoms with Gasteiger partial charge in [-0.2, -0.15) is 0 Å². The van der Waals surface area contributed by atoms with Crippen LogP contribution in [-0.2, 0) is 9.59 Å². The van der Waals surface area contributed by atoms with E-state index >= 15 is 0 Å². The summed E-state index contributed by atoms with van der Waals surface area (Å²) in [7, 11) is 3.21. The number of pyridine rings is 1. The maximum absolute atomic E-state index is 13.6. The lowest BCUT2D eigenvalue weighted by molar-refractivity contribution is -0.130. The van der Waals surface area contributed by atoms with E-state index < -0.39 is 5.25 Å². The Labute approximate surface area is 196 Å². The molecule has 2 amide bonds. The molecule has 1 aliphatic heterocycles. The first-order valence-corrected chi connectivity index (χ1v) is 11.6. The molecule has 0 bridgehead atoms. The Hall–Kier alpha value is -2.77. The monoisotopic (exact) mass is 469 g/mol. The zero-order valence-corrected chi connectivity index (χ0v) is 19.4. The number of likely N-dealkylation sites (tertiary alicyclic amines) is 1. The predicted octanol–water partition coefficient (Wildman–Crippen LogP) is 4.32. The lowest BCUT2D eigenvalue weighted by Crippen LogP contribution is -2.35. The van der Waals surface area contributed by atoms with E-state index in [0.29, 0.717) is 35.3 Å². The van der Waals surface area contributed by atoms with Crippen molar-refractivity contribution in [1.82, 2.24) is 15.2 Å². The van der Waals surface area contributed by atoms with Gasteiger partial charge >= 0.3 is 0 Å². The minimum Gasteiger partial charge on any atom is -0.494 e. The molecule has 166 valence electrons. The number of aromatic nitrogens is 1. The van der Waals surface area contributed by atoms with Gasteiger partial charge in [-0.25, -0.2) is 4.98 Å². The van der Waals surface area contributed by atoms with E-state index in [9.17, 15) is 9.59 Å². The highest BCUT2D eigenvalue weighted by Gasteiger charge is 2.35. The first kappa shape index (κ1) is 22.4. The van der Waals surface area contributed by atoms with Gasteiger partial charge in [-0.1, -0.05) is 53.7 Å². The predicted molar refractivity (Wildman–Crippen MR) is 127 cm³/mol. The van der Waals surface area contributed by atoms with E-state index in [4.69, 9.17) is 21.3 Å². The molecule has 1 saturated heterocycles. The van der Waals surface area contributed by atoms with Gasteiger partial charge in [0.1, 0.15) is 10.3 Å². The van der Waals surface area contributed by atoms with Gasteiger partial charge in [0.2, 0.25) is 11.8 Å². The molecular formula is C24H24ClN3O3S. The number of ether oxygens (including phenoxy) is 1. The van der Waals surface area contributed by atoms with Crippen molar-refractivity contribution in [2.75, 3.05) is 27.2 Å². The van der Waals surface area contributed by atoms with Crippen molar-refractivity contribution in [2.24, 2.45) is 5.92 Å². The average Bonchev–Trinajstić information content (AvgIpc) is 3.32. The molecule has 2 aromatic carbocycles. The van der Waals surface area contributed by atoms with E-state index in [2.05, 4.69) is 5.32 Å². The van der Waals surface area contributed by atoms with E-state index in [1.807, 2.05) is 48.5 Å². The molecule has 32 heavy (non-hydrogen) atoms. The number of thioether (sulfide) groups is 1. The van der Waals surface area contributed by atoms with Crippen LogP contribution in [0.3, 0.4) is 0 Å². The Morgan fingerprint density at radius 3 is 2.72 bits per heavy atom. The number of carbonyl (C=O) groups excluding carboxylic acids is 2. The lowest BCUT2D eigenvalue weighted by Gasteiger charge is -2.24. The third-order valence-corrected chi connectivity index (χ3v) is 7.06. The van der Waals surface area contributed by atoms with Gasteiger partial charge in [0.15, 0.2) is 5.75 Å². The second kappa shape index (κ2) is 9.79. The van der Waals surface area contributed by atoms with Crippen LogP contribution in [0.1, 0.15) is 17.2 Å². The SMILES string of the molecule is CNC(=O)[C@H]1CCN(C(=O)C(Sc2nc3ccc(Cl)cc3cc2OC)c2ccccc2)C1. The minimum absolute atomic E-state index is 0.0271.